The number of ether oxygens (including phenoxy) is 1. The van der Waals surface area contributed by atoms with Gasteiger partial charge in [0.1, 0.15) is 0 Å². The number of Topliss-reactive ketones (excluding diaryl/α,β-unsaturated/α-hetero) is 1. The molecule has 0 saturated heterocycles. The van der Waals surface area contributed by atoms with E-state index in [-0.39, 0.29) is 23.6 Å². The fraction of sp³-hybridized carbons (Fsp3) is 0.533. The van der Waals surface area contributed by atoms with Crippen LogP contribution in [0.3, 0.4) is 0 Å². The van der Waals surface area contributed by atoms with Gasteiger partial charge in [-0.2, -0.15) is 0 Å². The number of hydrogen-bond acceptors (Lipinski definition) is 4. The topological polar surface area (TPSA) is 72.5 Å². The van der Waals surface area contributed by atoms with Crippen LogP contribution in [0.4, 0.5) is 5.69 Å². The van der Waals surface area contributed by atoms with Crippen molar-refractivity contribution < 1.29 is 17.9 Å². The molecule has 2 rings (SSSR count). The van der Waals surface area contributed by atoms with Gasteiger partial charge in [-0.25, -0.2) is 8.42 Å². The van der Waals surface area contributed by atoms with Crippen LogP contribution in [0, 0.1) is 5.92 Å². The minimum absolute atomic E-state index is 0.105. The lowest BCUT2D eigenvalue weighted by atomic mass is 9.80. The first-order valence-electron chi connectivity index (χ1n) is 7.09. The molecule has 1 atom stereocenters. The molecular weight excluding hydrogens is 290 g/mol. The molecule has 0 bridgehead atoms. The molecule has 0 heterocycles. The molecule has 1 N–H and O–H groups in total. The first-order chi connectivity index (χ1) is 9.91. The largest absolute Gasteiger partial charge is 0.381 e. The van der Waals surface area contributed by atoms with Crippen molar-refractivity contribution in [3.8, 4) is 0 Å². The Kier molecular flexibility index (Phi) is 5.00. The normalized spacial score (nSPS) is 17.0. The summed E-state index contributed by atoms with van der Waals surface area (Å²) in [6.07, 6.45) is 2.66. The van der Waals surface area contributed by atoms with Crippen LogP contribution in [0.25, 0.3) is 0 Å². The highest BCUT2D eigenvalue weighted by Crippen LogP contribution is 2.30. The van der Waals surface area contributed by atoms with Crippen molar-refractivity contribution in [2.24, 2.45) is 5.92 Å². The van der Waals surface area contributed by atoms with E-state index in [9.17, 15) is 13.2 Å². The Labute approximate surface area is 125 Å². The van der Waals surface area contributed by atoms with Gasteiger partial charge in [0.25, 0.3) is 0 Å². The summed E-state index contributed by atoms with van der Waals surface area (Å²) < 4.78 is 31.2. The van der Waals surface area contributed by atoms with E-state index in [0.29, 0.717) is 11.3 Å². The van der Waals surface area contributed by atoms with Crippen LogP contribution in [-0.2, 0) is 14.8 Å². The molecule has 0 amide bonds. The lowest BCUT2D eigenvalue weighted by molar-refractivity contribution is 0.0855. The van der Waals surface area contributed by atoms with Gasteiger partial charge in [-0.05, 0) is 44.0 Å². The lowest BCUT2D eigenvalue weighted by Crippen LogP contribution is -2.25. The summed E-state index contributed by atoms with van der Waals surface area (Å²) in [5.41, 5.74) is 1.11. The number of hydrogen-bond donors (Lipinski definition) is 1. The third-order valence-corrected chi connectivity index (χ3v) is 5.23. The number of rotatable bonds is 7. The molecule has 0 aliphatic heterocycles. The Morgan fingerprint density at radius 2 is 1.95 bits per heavy atom. The van der Waals surface area contributed by atoms with Gasteiger partial charge in [0, 0.05) is 24.3 Å². The third kappa shape index (κ3) is 4.28. The lowest BCUT2D eigenvalue weighted by Gasteiger charge is -2.23. The molecule has 1 aliphatic rings. The van der Waals surface area contributed by atoms with Crippen molar-refractivity contribution in [3.63, 3.8) is 0 Å². The summed E-state index contributed by atoms with van der Waals surface area (Å²) in [4.78, 5) is 12.1. The van der Waals surface area contributed by atoms with Crippen molar-refractivity contribution >= 4 is 21.5 Å². The van der Waals surface area contributed by atoms with Crippen LogP contribution in [0.2, 0.25) is 0 Å². The second-order valence-electron chi connectivity index (χ2n) is 5.50. The number of sulfonamides is 1. The van der Waals surface area contributed by atoms with E-state index < -0.39 is 10.0 Å². The first-order valence-corrected chi connectivity index (χ1v) is 8.74. The molecule has 1 aliphatic carbocycles. The smallest absolute Gasteiger partial charge is 0.235 e. The summed E-state index contributed by atoms with van der Waals surface area (Å²) >= 11 is 0. The molecular formula is C15H21NO4S. The zero-order valence-corrected chi connectivity index (χ0v) is 13.2. The van der Waals surface area contributed by atoms with E-state index >= 15 is 0 Å². The Morgan fingerprint density at radius 3 is 2.43 bits per heavy atom. The van der Waals surface area contributed by atoms with Crippen LogP contribution in [0.5, 0.6) is 0 Å². The average Bonchev–Trinajstić information content (AvgIpc) is 2.36. The third-order valence-electron chi connectivity index (χ3n) is 3.78. The molecule has 5 nitrogen and oxygen atoms in total. The van der Waals surface area contributed by atoms with Gasteiger partial charge in [0.2, 0.25) is 10.0 Å². The summed E-state index contributed by atoms with van der Waals surface area (Å²) in [6.45, 7) is 1.69. The first kappa shape index (κ1) is 16.0. The number of ketones is 1. The van der Waals surface area contributed by atoms with E-state index in [1.165, 1.54) is 7.11 Å². The summed E-state index contributed by atoms with van der Waals surface area (Å²) in [7, 11) is -1.98. The van der Waals surface area contributed by atoms with Crippen molar-refractivity contribution in [1.29, 1.82) is 0 Å². The highest BCUT2D eigenvalue weighted by atomic mass is 32.2. The van der Waals surface area contributed by atoms with Crippen molar-refractivity contribution in [2.75, 3.05) is 17.6 Å². The van der Waals surface area contributed by atoms with Crippen LogP contribution in [-0.4, -0.2) is 33.2 Å². The Bertz CT molecular complexity index is 591. The van der Waals surface area contributed by atoms with Gasteiger partial charge < -0.3 is 4.74 Å². The predicted molar refractivity (Wildman–Crippen MR) is 82.0 cm³/mol. The van der Waals surface area contributed by atoms with Gasteiger partial charge in [0.15, 0.2) is 5.78 Å². The van der Waals surface area contributed by atoms with E-state index in [4.69, 9.17) is 4.74 Å². The molecule has 0 radical (unpaired) electrons. The number of methoxy groups -OCH3 is 1. The molecule has 1 aromatic carbocycles. The van der Waals surface area contributed by atoms with E-state index in [1.807, 2.05) is 0 Å². The van der Waals surface area contributed by atoms with E-state index in [2.05, 4.69) is 4.72 Å². The van der Waals surface area contributed by atoms with Crippen LogP contribution in [0.1, 0.15) is 36.5 Å². The summed E-state index contributed by atoms with van der Waals surface area (Å²) in [5, 5.41) is 0. The zero-order valence-electron chi connectivity index (χ0n) is 12.3. The second-order valence-corrected chi connectivity index (χ2v) is 7.27. The quantitative estimate of drug-likeness (QED) is 0.785. The average molecular weight is 311 g/mol. The Morgan fingerprint density at radius 1 is 1.33 bits per heavy atom. The molecule has 116 valence electrons. The number of nitrogens with one attached hydrogen (secondary N) is 1. The minimum atomic E-state index is -3.45. The van der Waals surface area contributed by atoms with Gasteiger partial charge in [0.05, 0.1) is 11.9 Å². The van der Waals surface area contributed by atoms with Gasteiger partial charge in [-0.1, -0.05) is 6.42 Å². The molecule has 1 saturated carbocycles. The standard InChI is InChI=1S/C15H21NO4S/c1-11(20-2)10-21(18,19)16-14-8-6-13(7-9-14)15(17)12-4-3-5-12/h6-9,11-12,16H,3-5,10H2,1-2H3/t11-/m1/s1. The molecule has 0 unspecified atom stereocenters. The fourth-order valence-corrected chi connectivity index (χ4v) is 3.54. The van der Waals surface area contributed by atoms with Crippen molar-refractivity contribution in [1.82, 2.24) is 0 Å². The maximum atomic E-state index is 12.1. The predicted octanol–water partition coefficient (Wildman–Crippen LogP) is 2.45. The number of benzene rings is 1. The van der Waals surface area contributed by atoms with Gasteiger partial charge >= 0.3 is 0 Å². The molecule has 1 fully saturated rings. The molecule has 0 spiro atoms. The highest BCUT2D eigenvalue weighted by molar-refractivity contribution is 7.92. The highest BCUT2D eigenvalue weighted by Gasteiger charge is 2.26. The monoisotopic (exact) mass is 311 g/mol. The molecule has 21 heavy (non-hydrogen) atoms. The number of carbonyl (C=O) groups is 1. The molecule has 0 aromatic heterocycles. The SMILES string of the molecule is CO[C@H](C)CS(=O)(=O)Nc1ccc(C(=O)C2CCC2)cc1. The number of anilines is 1. The van der Waals surface area contributed by atoms with E-state index in [0.717, 1.165) is 19.3 Å². The van der Waals surface area contributed by atoms with Crippen LogP contribution >= 0.6 is 0 Å². The Balaban J connectivity index is 2.00. The maximum Gasteiger partial charge on any atom is 0.235 e. The minimum Gasteiger partial charge on any atom is -0.381 e. The van der Waals surface area contributed by atoms with Crippen LogP contribution < -0.4 is 4.72 Å². The van der Waals surface area contributed by atoms with Crippen LogP contribution in [0.15, 0.2) is 24.3 Å². The Hall–Kier alpha value is -1.40. The zero-order chi connectivity index (χ0) is 15.5. The maximum absolute atomic E-state index is 12.1. The molecule has 6 heteroatoms. The van der Waals surface area contributed by atoms with Gasteiger partial charge in [-0.15, -0.1) is 0 Å². The summed E-state index contributed by atoms with van der Waals surface area (Å²) in [5.74, 6) is 0.199. The second kappa shape index (κ2) is 6.58. The van der Waals surface area contributed by atoms with Gasteiger partial charge in [-0.3, -0.25) is 9.52 Å². The number of carbonyl (C=O) groups excluding carboxylic acids is 1. The fourth-order valence-electron chi connectivity index (χ4n) is 2.21. The van der Waals surface area contributed by atoms with E-state index in [1.54, 1.807) is 31.2 Å². The van der Waals surface area contributed by atoms with Crippen molar-refractivity contribution in [2.45, 2.75) is 32.3 Å². The van der Waals surface area contributed by atoms with Crippen molar-refractivity contribution in [3.05, 3.63) is 29.8 Å². The molecule has 1 aromatic rings. The summed E-state index contributed by atoms with van der Waals surface area (Å²) in [6, 6.07) is 6.61.